The van der Waals surface area contributed by atoms with Crippen LogP contribution in [0.2, 0.25) is 0 Å². The molecular formula is C15H30N2O3. The van der Waals surface area contributed by atoms with Crippen molar-refractivity contribution in [3.8, 4) is 0 Å². The van der Waals surface area contributed by atoms with Crippen LogP contribution in [0.15, 0.2) is 0 Å². The highest BCUT2D eigenvalue weighted by Gasteiger charge is 2.30. The second-order valence-corrected chi connectivity index (χ2v) is 6.54. The van der Waals surface area contributed by atoms with E-state index in [9.17, 15) is 9.90 Å². The van der Waals surface area contributed by atoms with E-state index < -0.39 is 5.60 Å². The van der Waals surface area contributed by atoms with Gasteiger partial charge in [-0.3, -0.25) is 0 Å². The molecule has 0 bridgehead atoms. The lowest BCUT2D eigenvalue weighted by Crippen LogP contribution is -2.50. The zero-order valence-corrected chi connectivity index (χ0v) is 13.3. The zero-order chi connectivity index (χ0) is 15.2. The van der Waals surface area contributed by atoms with Gasteiger partial charge in [0.1, 0.15) is 5.60 Å². The molecule has 2 N–H and O–H groups in total. The molecule has 5 nitrogen and oxygen atoms in total. The quantitative estimate of drug-likeness (QED) is 0.813. The fourth-order valence-electron chi connectivity index (χ4n) is 2.33. The number of hydrogen-bond acceptors (Lipinski definition) is 4. The SMILES string of the molecule is CCC(O)CNCC1CCCCN1C(=O)OC(C)(C)C. The van der Waals surface area contributed by atoms with Gasteiger partial charge in [-0.1, -0.05) is 6.92 Å². The average Bonchev–Trinajstić information content (AvgIpc) is 2.37. The summed E-state index contributed by atoms with van der Waals surface area (Å²) < 4.78 is 5.47. The van der Waals surface area contributed by atoms with Gasteiger partial charge >= 0.3 is 6.09 Å². The second-order valence-electron chi connectivity index (χ2n) is 6.54. The molecule has 0 aromatic heterocycles. The number of carbonyl (C=O) groups is 1. The number of nitrogens with zero attached hydrogens (tertiary/aromatic N) is 1. The monoisotopic (exact) mass is 286 g/mol. The van der Waals surface area contributed by atoms with Gasteiger partial charge in [0, 0.05) is 25.7 Å². The summed E-state index contributed by atoms with van der Waals surface area (Å²) in [6, 6.07) is 0.169. The molecule has 2 atom stereocenters. The first-order chi connectivity index (χ1) is 9.33. The number of piperidine rings is 1. The molecule has 0 aliphatic carbocycles. The van der Waals surface area contributed by atoms with Gasteiger partial charge in [0.25, 0.3) is 0 Å². The molecule has 1 amide bonds. The van der Waals surface area contributed by atoms with Crippen LogP contribution in [-0.4, -0.2) is 53.5 Å². The summed E-state index contributed by atoms with van der Waals surface area (Å²) in [4.78, 5) is 14.0. The van der Waals surface area contributed by atoms with Crippen LogP contribution in [0, 0.1) is 0 Å². The molecule has 0 saturated carbocycles. The Balaban J connectivity index is 2.47. The largest absolute Gasteiger partial charge is 0.444 e. The molecule has 5 heteroatoms. The molecule has 1 heterocycles. The van der Waals surface area contributed by atoms with Crippen LogP contribution in [-0.2, 0) is 4.74 Å². The lowest BCUT2D eigenvalue weighted by molar-refractivity contribution is 0.00969. The van der Waals surface area contributed by atoms with Crippen molar-refractivity contribution in [2.24, 2.45) is 0 Å². The molecular weight excluding hydrogens is 256 g/mol. The number of aliphatic hydroxyl groups excluding tert-OH is 1. The number of hydrogen-bond donors (Lipinski definition) is 2. The molecule has 1 aliphatic rings. The maximum Gasteiger partial charge on any atom is 0.410 e. The number of ether oxygens (including phenoxy) is 1. The molecule has 0 radical (unpaired) electrons. The Labute approximate surface area is 122 Å². The van der Waals surface area contributed by atoms with Crippen LogP contribution in [0.25, 0.3) is 0 Å². The Morgan fingerprint density at radius 3 is 2.75 bits per heavy atom. The van der Waals surface area contributed by atoms with Crippen LogP contribution in [0.1, 0.15) is 53.4 Å². The van der Waals surface area contributed by atoms with E-state index >= 15 is 0 Å². The van der Waals surface area contributed by atoms with Gasteiger partial charge in [0.15, 0.2) is 0 Å². The third kappa shape index (κ3) is 6.09. The minimum absolute atomic E-state index is 0.169. The van der Waals surface area contributed by atoms with Gasteiger partial charge in [0.05, 0.1) is 6.10 Å². The summed E-state index contributed by atoms with van der Waals surface area (Å²) in [5, 5.41) is 12.8. The highest BCUT2D eigenvalue weighted by molar-refractivity contribution is 5.68. The van der Waals surface area contributed by atoms with Gasteiger partial charge in [0.2, 0.25) is 0 Å². The highest BCUT2D eigenvalue weighted by Crippen LogP contribution is 2.20. The van der Waals surface area contributed by atoms with Gasteiger partial charge < -0.3 is 20.1 Å². The van der Waals surface area contributed by atoms with Gasteiger partial charge in [-0.05, 0) is 46.5 Å². The number of carbonyl (C=O) groups excluding carboxylic acids is 1. The summed E-state index contributed by atoms with van der Waals surface area (Å²) >= 11 is 0. The predicted octanol–water partition coefficient (Wildman–Crippen LogP) is 2.14. The van der Waals surface area contributed by atoms with Crippen molar-refractivity contribution < 1.29 is 14.6 Å². The lowest BCUT2D eigenvalue weighted by Gasteiger charge is -2.37. The summed E-state index contributed by atoms with van der Waals surface area (Å²) in [6.45, 7) is 9.68. The van der Waals surface area contributed by atoms with Crippen molar-refractivity contribution in [3.05, 3.63) is 0 Å². The Morgan fingerprint density at radius 2 is 2.15 bits per heavy atom. The summed E-state index contributed by atoms with van der Waals surface area (Å²) in [6.07, 6.45) is 3.38. The molecule has 1 saturated heterocycles. The van der Waals surface area contributed by atoms with Gasteiger partial charge in [-0.25, -0.2) is 4.79 Å². The first-order valence-corrected chi connectivity index (χ1v) is 7.72. The van der Waals surface area contributed by atoms with Crippen molar-refractivity contribution in [2.75, 3.05) is 19.6 Å². The molecule has 20 heavy (non-hydrogen) atoms. The first kappa shape index (κ1) is 17.2. The fraction of sp³-hybridized carbons (Fsp3) is 0.933. The molecule has 0 aromatic carbocycles. The van der Waals surface area contributed by atoms with Crippen LogP contribution in [0.4, 0.5) is 4.79 Å². The zero-order valence-electron chi connectivity index (χ0n) is 13.3. The second kappa shape index (κ2) is 7.84. The molecule has 1 aliphatic heterocycles. The molecule has 0 spiro atoms. The van der Waals surface area contributed by atoms with Crippen LogP contribution in [0.3, 0.4) is 0 Å². The Morgan fingerprint density at radius 1 is 1.45 bits per heavy atom. The summed E-state index contributed by atoms with van der Waals surface area (Å²) in [5.74, 6) is 0. The third-order valence-electron chi connectivity index (χ3n) is 3.49. The molecule has 2 unspecified atom stereocenters. The van der Waals surface area contributed by atoms with Crippen LogP contribution < -0.4 is 5.32 Å². The predicted molar refractivity (Wildman–Crippen MR) is 79.7 cm³/mol. The average molecular weight is 286 g/mol. The van der Waals surface area contributed by atoms with Crippen LogP contribution >= 0.6 is 0 Å². The smallest absolute Gasteiger partial charge is 0.410 e. The third-order valence-corrected chi connectivity index (χ3v) is 3.49. The van der Waals surface area contributed by atoms with Crippen LogP contribution in [0.5, 0.6) is 0 Å². The number of amides is 1. The summed E-state index contributed by atoms with van der Waals surface area (Å²) in [7, 11) is 0. The van der Waals surface area contributed by atoms with Crippen molar-refractivity contribution in [1.29, 1.82) is 0 Å². The van der Waals surface area contributed by atoms with E-state index in [0.29, 0.717) is 6.54 Å². The van der Waals surface area contributed by atoms with Crippen molar-refractivity contribution in [1.82, 2.24) is 10.2 Å². The van der Waals surface area contributed by atoms with E-state index in [2.05, 4.69) is 5.32 Å². The Kier molecular flexibility index (Phi) is 6.76. The summed E-state index contributed by atoms with van der Waals surface area (Å²) in [5.41, 5.74) is -0.453. The van der Waals surface area contributed by atoms with Gasteiger partial charge in [-0.15, -0.1) is 0 Å². The molecule has 1 rings (SSSR count). The number of aliphatic hydroxyl groups is 1. The normalized spacial score (nSPS) is 21.6. The topological polar surface area (TPSA) is 61.8 Å². The van der Waals surface area contributed by atoms with Crippen molar-refractivity contribution >= 4 is 6.09 Å². The van der Waals surface area contributed by atoms with E-state index in [-0.39, 0.29) is 18.2 Å². The van der Waals surface area contributed by atoms with E-state index in [1.165, 1.54) is 0 Å². The molecule has 118 valence electrons. The van der Waals surface area contributed by atoms with Gasteiger partial charge in [-0.2, -0.15) is 0 Å². The van der Waals surface area contributed by atoms with E-state index in [0.717, 1.165) is 38.8 Å². The van der Waals surface area contributed by atoms with Crippen molar-refractivity contribution in [3.63, 3.8) is 0 Å². The molecule has 0 aromatic rings. The van der Waals surface area contributed by atoms with E-state index in [1.54, 1.807) is 0 Å². The standard InChI is InChI=1S/C15H30N2O3/c1-5-13(18)11-16-10-12-8-6-7-9-17(12)14(19)20-15(2,3)4/h12-13,16,18H,5-11H2,1-4H3. The maximum atomic E-state index is 12.2. The Hall–Kier alpha value is -0.810. The number of rotatable bonds is 5. The minimum atomic E-state index is -0.453. The lowest BCUT2D eigenvalue weighted by atomic mass is 10.0. The van der Waals surface area contributed by atoms with E-state index in [4.69, 9.17) is 4.74 Å². The number of nitrogens with one attached hydrogen (secondary N) is 1. The first-order valence-electron chi connectivity index (χ1n) is 7.72. The fourth-order valence-corrected chi connectivity index (χ4v) is 2.33. The Bertz CT molecular complexity index is 302. The maximum absolute atomic E-state index is 12.2. The van der Waals surface area contributed by atoms with Crippen molar-refractivity contribution in [2.45, 2.75) is 71.1 Å². The highest BCUT2D eigenvalue weighted by atomic mass is 16.6. The minimum Gasteiger partial charge on any atom is -0.444 e. The van der Waals surface area contributed by atoms with E-state index in [1.807, 2.05) is 32.6 Å². The molecule has 1 fully saturated rings. The number of likely N-dealkylation sites (tertiary alicyclic amines) is 1.